The van der Waals surface area contributed by atoms with Gasteiger partial charge in [0, 0.05) is 117 Å². The Hall–Kier alpha value is -2.22. The molecule has 0 aromatic carbocycles. The number of piperidine rings is 2. The van der Waals surface area contributed by atoms with Gasteiger partial charge in [0.25, 0.3) is 0 Å². The van der Waals surface area contributed by atoms with Crippen molar-refractivity contribution in [1.29, 1.82) is 0 Å². The molecule has 3 aliphatic rings. The first-order valence-electron chi connectivity index (χ1n) is 22.2. The molecule has 0 atom stereocenters. The Balaban J connectivity index is 0.000000447. The molecule has 3 fully saturated rings. The van der Waals surface area contributed by atoms with E-state index in [-0.39, 0.29) is 23.1 Å². The van der Waals surface area contributed by atoms with E-state index in [0.717, 1.165) is 103 Å². The summed E-state index contributed by atoms with van der Waals surface area (Å²) in [6.07, 6.45) is 13.5. The Morgan fingerprint density at radius 3 is 0.877 bits per heavy atom. The molecule has 0 unspecified atom stereocenters. The minimum absolute atomic E-state index is 0.233. The van der Waals surface area contributed by atoms with Crippen LogP contribution in [0.25, 0.3) is 0 Å². The van der Waals surface area contributed by atoms with Crippen molar-refractivity contribution in [2.45, 2.75) is 125 Å². The van der Waals surface area contributed by atoms with Gasteiger partial charge in [-0.3, -0.25) is 28.8 Å². The van der Waals surface area contributed by atoms with E-state index in [1.807, 2.05) is 14.1 Å². The number of carbonyl (C=O) groups excluding carboxylic acids is 6. The molecule has 3 heterocycles. The second kappa shape index (κ2) is 31.7. The molecule has 0 radical (unpaired) electrons. The SMILES string of the molecule is CC(=O)CCN(C)CCN(C)CCC(C)=O.CC(=O)CCN1CCC(CCCC2CCN(CCC(C)=O)CC2)CC1.CC(=O)CCN1CCN(CCC(C)=O)CC1. The molecule has 330 valence electrons. The van der Waals surface area contributed by atoms with E-state index in [9.17, 15) is 28.8 Å². The van der Waals surface area contributed by atoms with Crippen molar-refractivity contribution in [2.75, 3.05) is 119 Å². The fraction of sp³-hybridized carbons (Fsp3) is 0.867. The van der Waals surface area contributed by atoms with E-state index >= 15 is 0 Å². The summed E-state index contributed by atoms with van der Waals surface area (Å²) in [6, 6.07) is 0. The van der Waals surface area contributed by atoms with Crippen molar-refractivity contribution in [1.82, 2.24) is 29.4 Å². The lowest BCUT2D eigenvalue weighted by molar-refractivity contribution is -0.118. The van der Waals surface area contributed by atoms with Crippen LogP contribution in [0.4, 0.5) is 0 Å². The van der Waals surface area contributed by atoms with Crippen molar-refractivity contribution >= 4 is 34.7 Å². The first-order chi connectivity index (χ1) is 27.0. The van der Waals surface area contributed by atoms with Gasteiger partial charge in [-0.2, -0.15) is 0 Å². The van der Waals surface area contributed by atoms with E-state index < -0.39 is 0 Å². The summed E-state index contributed by atoms with van der Waals surface area (Å²) in [4.78, 5) is 79.3. The van der Waals surface area contributed by atoms with Crippen LogP contribution in [0, 0.1) is 11.8 Å². The third kappa shape index (κ3) is 30.5. The van der Waals surface area contributed by atoms with E-state index in [4.69, 9.17) is 0 Å². The van der Waals surface area contributed by atoms with Gasteiger partial charge in [-0.05, 0) is 119 Å². The highest BCUT2D eigenvalue weighted by Gasteiger charge is 2.22. The largest absolute Gasteiger partial charge is 0.305 e. The number of hydrogen-bond acceptors (Lipinski definition) is 12. The molecule has 0 saturated carbocycles. The van der Waals surface area contributed by atoms with Gasteiger partial charge >= 0.3 is 0 Å². The second-order valence-corrected chi connectivity index (χ2v) is 17.5. The summed E-state index contributed by atoms with van der Waals surface area (Å²) in [5, 5.41) is 0. The van der Waals surface area contributed by atoms with Crippen molar-refractivity contribution in [2.24, 2.45) is 11.8 Å². The van der Waals surface area contributed by atoms with Crippen LogP contribution < -0.4 is 0 Å². The van der Waals surface area contributed by atoms with Gasteiger partial charge in [0.1, 0.15) is 34.7 Å². The minimum Gasteiger partial charge on any atom is -0.305 e. The summed E-state index contributed by atoms with van der Waals surface area (Å²) >= 11 is 0. The smallest absolute Gasteiger partial charge is 0.131 e. The van der Waals surface area contributed by atoms with Crippen molar-refractivity contribution in [3.8, 4) is 0 Å². The number of piperazine rings is 1. The minimum atomic E-state index is 0.233. The van der Waals surface area contributed by atoms with Crippen molar-refractivity contribution in [3.05, 3.63) is 0 Å². The number of Topliss-reactive ketones (excluding diaryl/α,β-unsaturated/α-hetero) is 6. The van der Waals surface area contributed by atoms with E-state index in [2.05, 4.69) is 29.4 Å². The molecule has 0 N–H and O–H groups in total. The van der Waals surface area contributed by atoms with Gasteiger partial charge in [-0.1, -0.05) is 19.3 Å². The van der Waals surface area contributed by atoms with Gasteiger partial charge in [0.15, 0.2) is 0 Å². The fourth-order valence-corrected chi connectivity index (χ4v) is 7.45. The molecule has 0 spiro atoms. The molecule has 12 heteroatoms. The fourth-order valence-electron chi connectivity index (χ4n) is 7.45. The topological polar surface area (TPSA) is 122 Å². The number of ketones is 6. The predicted octanol–water partition coefficient (Wildman–Crippen LogP) is 4.91. The Morgan fingerprint density at radius 2 is 0.632 bits per heavy atom. The first kappa shape index (κ1) is 52.8. The first-order valence-corrected chi connectivity index (χ1v) is 22.2. The highest BCUT2D eigenvalue weighted by atomic mass is 16.1. The second-order valence-electron chi connectivity index (χ2n) is 17.5. The number of likely N-dealkylation sites (N-methyl/N-ethyl adjacent to an activating group) is 2. The lowest BCUT2D eigenvalue weighted by atomic mass is 9.87. The maximum absolute atomic E-state index is 11.1. The third-order valence-electron chi connectivity index (χ3n) is 11.8. The molecule has 3 saturated heterocycles. The van der Waals surface area contributed by atoms with Crippen LogP contribution in [0.5, 0.6) is 0 Å². The molecule has 0 bridgehead atoms. The normalized spacial score (nSPS) is 17.8. The number of hydrogen-bond donors (Lipinski definition) is 0. The monoisotopic (exact) mass is 805 g/mol. The lowest BCUT2D eigenvalue weighted by Gasteiger charge is -2.34. The third-order valence-corrected chi connectivity index (χ3v) is 11.8. The van der Waals surface area contributed by atoms with Crippen molar-refractivity contribution in [3.63, 3.8) is 0 Å². The van der Waals surface area contributed by atoms with Crippen molar-refractivity contribution < 1.29 is 28.8 Å². The van der Waals surface area contributed by atoms with Crippen LogP contribution in [0.2, 0.25) is 0 Å². The van der Waals surface area contributed by atoms with Gasteiger partial charge in [-0.15, -0.1) is 0 Å². The molecule has 57 heavy (non-hydrogen) atoms. The van der Waals surface area contributed by atoms with E-state index in [1.54, 1.807) is 41.5 Å². The summed E-state index contributed by atoms with van der Waals surface area (Å²) < 4.78 is 0. The average molecular weight is 805 g/mol. The Morgan fingerprint density at radius 1 is 0.386 bits per heavy atom. The Kier molecular flexibility index (Phi) is 29.3. The summed E-state index contributed by atoms with van der Waals surface area (Å²) in [5.74, 6) is 3.43. The number of likely N-dealkylation sites (tertiary alicyclic amines) is 2. The zero-order valence-corrected chi connectivity index (χ0v) is 37.8. The highest BCUT2D eigenvalue weighted by Crippen LogP contribution is 2.27. The summed E-state index contributed by atoms with van der Waals surface area (Å²) in [7, 11) is 4.03. The van der Waals surface area contributed by atoms with Gasteiger partial charge in [-0.25, -0.2) is 0 Å². The quantitative estimate of drug-likeness (QED) is 0.125. The van der Waals surface area contributed by atoms with Crippen LogP contribution in [-0.2, 0) is 28.8 Å². The van der Waals surface area contributed by atoms with Crippen LogP contribution in [-0.4, -0.2) is 183 Å². The van der Waals surface area contributed by atoms with Crippen LogP contribution in [0.1, 0.15) is 125 Å². The molecule has 0 aliphatic carbocycles. The Labute approximate surface area is 347 Å². The maximum Gasteiger partial charge on any atom is 0.131 e. The highest BCUT2D eigenvalue weighted by molar-refractivity contribution is 5.77. The van der Waals surface area contributed by atoms with Crippen LogP contribution >= 0.6 is 0 Å². The standard InChI is InChI=1S/C21H38N2O2.C12H22N2O2.C12H24N2O2/c1-18(24)6-12-22-14-8-20(9-15-22)4-3-5-21-10-16-23(17-11-21)13-7-19(2)25;1-11(15)3-5-13-7-9-14(10-8-13)6-4-12(2)16;1-11(15)5-7-13(3)9-10-14(4)8-6-12(2)16/h20-21H,3-17H2,1-2H3;3-10H2,1-2H3;5-10H2,1-4H3. The predicted molar refractivity (Wildman–Crippen MR) is 232 cm³/mol. The zero-order chi connectivity index (χ0) is 42.6. The number of carbonyl (C=O) groups is 6. The summed E-state index contributed by atoms with van der Waals surface area (Å²) in [5.41, 5.74) is 0. The molecule has 12 nitrogen and oxygen atoms in total. The van der Waals surface area contributed by atoms with E-state index in [0.29, 0.717) is 37.2 Å². The van der Waals surface area contributed by atoms with Gasteiger partial charge in [0.05, 0.1) is 0 Å². The van der Waals surface area contributed by atoms with Crippen LogP contribution in [0.15, 0.2) is 0 Å². The zero-order valence-electron chi connectivity index (χ0n) is 37.8. The van der Waals surface area contributed by atoms with Gasteiger partial charge in [0.2, 0.25) is 0 Å². The molecular weight excluding hydrogens is 721 g/mol. The molecule has 3 aliphatic heterocycles. The number of rotatable bonds is 25. The number of nitrogens with zero attached hydrogens (tertiary/aromatic N) is 6. The molecular formula is C45H84N6O6. The maximum atomic E-state index is 11.1. The average Bonchev–Trinajstić information content (AvgIpc) is 3.17. The van der Waals surface area contributed by atoms with Crippen LogP contribution in [0.3, 0.4) is 0 Å². The molecule has 0 aromatic heterocycles. The summed E-state index contributed by atoms with van der Waals surface area (Å²) in [6.45, 7) is 25.9. The molecule has 0 aromatic rings. The van der Waals surface area contributed by atoms with Gasteiger partial charge < -0.3 is 29.4 Å². The molecule has 0 amide bonds. The van der Waals surface area contributed by atoms with E-state index in [1.165, 1.54) is 71.1 Å². The lowest BCUT2D eigenvalue weighted by Crippen LogP contribution is -2.47. The Bertz CT molecular complexity index is 1070. The molecule has 3 rings (SSSR count).